The van der Waals surface area contributed by atoms with E-state index in [1.807, 2.05) is 107 Å². The summed E-state index contributed by atoms with van der Waals surface area (Å²) in [7, 11) is 1.62. The zero-order valence-electron chi connectivity index (χ0n) is 21.4. The van der Waals surface area contributed by atoms with Crippen LogP contribution in [-0.2, 0) is 29.0 Å². The minimum atomic E-state index is -0.667. The fraction of sp³-hybridized carbons (Fsp3) is 0.333. The number of carbonyl (C=O) groups excluding carboxylic acids is 2. The van der Waals surface area contributed by atoms with E-state index in [1.165, 1.54) is 0 Å². The normalized spacial score (nSPS) is 12.0. The van der Waals surface area contributed by atoms with Crippen molar-refractivity contribution in [2.45, 2.75) is 58.7 Å². The topological polar surface area (TPSA) is 58.6 Å². The quantitative estimate of drug-likeness (QED) is 0.471. The predicted octanol–water partition coefficient (Wildman–Crippen LogP) is 5.10. The molecule has 0 aliphatic carbocycles. The Hall–Kier alpha value is -3.60. The Morgan fingerprint density at radius 3 is 2.23 bits per heavy atom. The highest BCUT2D eigenvalue weighted by molar-refractivity contribution is 5.89. The fourth-order valence-electron chi connectivity index (χ4n) is 4.05. The van der Waals surface area contributed by atoms with Crippen LogP contribution in [0, 0.1) is 6.92 Å². The van der Waals surface area contributed by atoms with Gasteiger partial charge in [0, 0.05) is 18.5 Å². The largest absolute Gasteiger partial charge is 0.497 e. The predicted molar refractivity (Wildman–Crippen MR) is 140 cm³/mol. The van der Waals surface area contributed by atoms with Crippen LogP contribution in [0.1, 0.15) is 43.0 Å². The molecular formula is C30H36N2O3. The van der Waals surface area contributed by atoms with Crippen molar-refractivity contribution < 1.29 is 14.3 Å². The summed E-state index contributed by atoms with van der Waals surface area (Å²) in [6.07, 6.45) is 0.650. The highest BCUT2D eigenvalue weighted by atomic mass is 16.5. The Labute approximate surface area is 209 Å². The lowest BCUT2D eigenvalue weighted by Gasteiger charge is -2.34. The van der Waals surface area contributed by atoms with Gasteiger partial charge in [-0.3, -0.25) is 9.59 Å². The van der Waals surface area contributed by atoms with Gasteiger partial charge in [-0.2, -0.15) is 0 Å². The SMILES string of the molecule is COc1cccc(CN(C(=O)Cc2ccccc2C)[C@H](Cc2ccccc2)C(=O)NC(C)(C)C)c1. The molecule has 1 atom stereocenters. The number of rotatable bonds is 9. The van der Waals surface area contributed by atoms with Crippen molar-refractivity contribution in [1.82, 2.24) is 10.2 Å². The standard InChI is InChI=1S/C30H36N2O3/c1-22-12-9-10-16-25(22)20-28(33)32(21-24-15-11-17-26(18-24)35-5)27(29(34)31-30(2,3)4)19-23-13-7-6-8-14-23/h6-18,27H,19-21H2,1-5H3,(H,31,34)/t27-/m1/s1. The summed E-state index contributed by atoms with van der Waals surface area (Å²) in [5, 5.41) is 3.10. The third-order valence-corrected chi connectivity index (χ3v) is 5.86. The highest BCUT2D eigenvalue weighted by Gasteiger charge is 2.32. The van der Waals surface area contributed by atoms with Gasteiger partial charge in [-0.1, -0.05) is 66.7 Å². The van der Waals surface area contributed by atoms with Crippen LogP contribution < -0.4 is 10.1 Å². The third kappa shape index (κ3) is 7.71. The molecule has 0 saturated heterocycles. The summed E-state index contributed by atoms with van der Waals surface area (Å²) in [5.41, 5.74) is 3.50. The molecule has 0 heterocycles. The van der Waals surface area contributed by atoms with Gasteiger partial charge in [0.2, 0.25) is 11.8 Å². The summed E-state index contributed by atoms with van der Waals surface area (Å²) >= 11 is 0. The number of amides is 2. The first kappa shape index (κ1) is 26.0. The minimum absolute atomic E-state index is 0.0906. The van der Waals surface area contributed by atoms with E-state index in [1.54, 1.807) is 12.0 Å². The molecule has 2 amide bonds. The first-order chi connectivity index (χ1) is 16.7. The van der Waals surface area contributed by atoms with Gasteiger partial charge >= 0.3 is 0 Å². The van der Waals surface area contributed by atoms with Crippen molar-refractivity contribution >= 4 is 11.8 Å². The lowest BCUT2D eigenvalue weighted by molar-refractivity contribution is -0.141. The molecule has 35 heavy (non-hydrogen) atoms. The molecule has 3 rings (SSSR count). The second kappa shape index (κ2) is 11.7. The maximum atomic E-state index is 13.8. The Morgan fingerprint density at radius 1 is 0.914 bits per heavy atom. The summed E-state index contributed by atoms with van der Waals surface area (Å²) in [5.74, 6) is 0.460. The van der Waals surface area contributed by atoms with Crippen molar-refractivity contribution in [1.29, 1.82) is 0 Å². The highest BCUT2D eigenvalue weighted by Crippen LogP contribution is 2.20. The lowest BCUT2D eigenvalue weighted by atomic mass is 9.99. The second-order valence-corrected chi connectivity index (χ2v) is 9.92. The van der Waals surface area contributed by atoms with Gasteiger partial charge in [-0.15, -0.1) is 0 Å². The van der Waals surface area contributed by atoms with Crippen molar-refractivity contribution in [2.24, 2.45) is 0 Å². The summed E-state index contributed by atoms with van der Waals surface area (Å²) in [6.45, 7) is 8.16. The smallest absolute Gasteiger partial charge is 0.243 e. The first-order valence-electron chi connectivity index (χ1n) is 12.0. The molecule has 0 radical (unpaired) electrons. The van der Waals surface area contributed by atoms with E-state index in [0.29, 0.717) is 18.7 Å². The number of hydrogen-bond acceptors (Lipinski definition) is 3. The van der Waals surface area contributed by atoms with Gasteiger partial charge in [-0.25, -0.2) is 0 Å². The fourth-order valence-corrected chi connectivity index (χ4v) is 4.05. The molecule has 184 valence electrons. The zero-order valence-corrected chi connectivity index (χ0v) is 21.4. The van der Waals surface area contributed by atoms with E-state index in [9.17, 15) is 9.59 Å². The van der Waals surface area contributed by atoms with E-state index >= 15 is 0 Å². The van der Waals surface area contributed by atoms with Crippen molar-refractivity contribution in [3.63, 3.8) is 0 Å². The molecule has 3 aromatic carbocycles. The van der Waals surface area contributed by atoms with E-state index in [-0.39, 0.29) is 18.2 Å². The minimum Gasteiger partial charge on any atom is -0.497 e. The van der Waals surface area contributed by atoms with Crippen molar-refractivity contribution in [3.8, 4) is 5.75 Å². The molecule has 1 N–H and O–H groups in total. The number of hydrogen-bond donors (Lipinski definition) is 1. The zero-order chi connectivity index (χ0) is 25.4. The maximum Gasteiger partial charge on any atom is 0.243 e. The van der Waals surface area contributed by atoms with Gasteiger partial charge in [-0.05, 0) is 62.1 Å². The molecule has 3 aromatic rings. The number of aryl methyl sites for hydroxylation is 1. The summed E-state index contributed by atoms with van der Waals surface area (Å²) in [6, 6.07) is 24.7. The molecule has 0 aromatic heterocycles. The molecule has 0 bridgehead atoms. The third-order valence-electron chi connectivity index (χ3n) is 5.86. The monoisotopic (exact) mass is 472 g/mol. The van der Waals surface area contributed by atoms with Crippen LogP contribution in [0.4, 0.5) is 0 Å². The van der Waals surface area contributed by atoms with Crippen LogP contribution in [0.15, 0.2) is 78.9 Å². The molecule has 5 nitrogen and oxygen atoms in total. The molecule has 0 aliphatic heterocycles. The van der Waals surface area contributed by atoms with E-state index in [4.69, 9.17) is 4.74 Å². The van der Waals surface area contributed by atoms with Gasteiger partial charge in [0.05, 0.1) is 13.5 Å². The van der Waals surface area contributed by atoms with Crippen molar-refractivity contribution in [2.75, 3.05) is 7.11 Å². The van der Waals surface area contributed by atoms with Crippen LogP contribution in [0.2, 0.25) is 0 Å². The van der Waals surface area contributed by atoms with Gasteiger partial charge < -0.3 is 15.0 Å². The molecule has 0 saturated carbocycles. The molecular weight excluding hydrogens is 436 g/mol. The van der Waals surface area contributed by atoms with Crippen molar-refractivity contribution in [3.05, 3.63) is 101 Å². The number of benzene rings is 3. The second-order valence-electron chi connectivity index (χ2n) is 9.92. The molecule has 0 spiro atoms. The number of nitrogens with one attached hydrogen (secondary N) is 1. The van der Waals surface area contributed by atoms with Gasteiger partial charge in [0.15, 0.2) is 0 Å². The van der Waals surface area contributed by atoms with E-state index in [2.05, 4.69) is 5.32 Å². The average molecular weight is 473 g/mol. The number of carbonyl (C=O) groups is 2. The Kier molecular flexibility index (Phi) is 8.69. The average Bonchev–Trinajstić information content (AvgIpc) is 2.82. The van der Waals surface area contributed by atoms with E-state index in [0.717, 1.165) is 22.3 Å². The lowest BCUT2D eigenvalue weighted by Crippen LogP contribution is -2.54. The van der Waals surface area contributed by atoms with Gasteiger partial charge in [0.25, 0.3) is 0 Å². The van der Waals surface area contributed by atoms with Gasteiger partial charge in [0.1, 0.15) is 11.8 Å². The Bertz CT molecular complexity index is 1140. The molecule has 0 aliphatic rings. The van der Waals surface area contributed by atoms with Crippen LogP contribution in [0.25, 0.3) is 0 Å². The molecule has 5 heteroatoms. The molecule has 0 unspecified atom stereocenters. The maximum absolute atomic E-state index is 13.8. The van der Waals surface area contributed by atoms with E-state index < -0.39 is 11.6 Å². The van der Waals surface area contributed by atoms with Crippen LogP contribution >= 0.6 is 0 Å². The number of nitrogens with zero attached hydrogens (tertiary/aromatic N) is 1. The number of methoxy groups -OCH3 is 1. The Balaban J connectivity index is 2.01. The first-order valence-corrected chi connectivity index (χ1v) is 12.0. The van der Waals surface area contributed by atoms with Crippen LogP contribution in [0.5, 0.6) is 5.75 Å². The summed E-state index contributed by atoms with van der Waals surface area (Å²) < 4.78 is 5.40. The molecule has 0 fully saturated rings. The Morgan fingerprint density at radius 2 is 1.57 bits per heavy atom. The summed E-state index contributed by atoms with van der Waals surface area (Å²) in [4.78, 5) is 29.2. The van der Waals surface area contributed by atoms with Crippen LogP contribution in [0.3, 0.4) is 0 Å². The number of ether oxygens (including phenoxy) is 1. The van der Waals surface area contributed by atoms with Crippen LogP contribution in [-0.4, -0.2) is 35.4 Å².